The van der Waals surface area contributed by atoms with Gasteiger partial charge in [0, 0.05) is 0 Å². The van der Waals surface area contributed by atoms with E-state index in [2.05, 4.69) is 10.3 Å². The molecule has 1 N–H and O–H groups in total. The van der Waals surface area contributed by atoms with Crippen molar-refractivity contribution < 1.29 is 14.3 Å². The predicted octanol–water partition coefficient (Wildman–Crippen LogP) is 0.263. The van der Waals surface area contributed by atoms with Gasteiger partial charge in [-0.25, -0.2) is 9.07 Å². The number of hydrogen-bond donors (Lipinski definition) is 1. The van der Waals surface area contributed by atoms with Crippen LogP contribution in [0.1, 0.15) is 12.6 Å². The van der Waals surface area contributed by atoms with Crippen molar-refractivity contribution in [3.63, 3.8) is 0 Å². The minimum Gasteiger partial charge on any atom is -0.481 e. The monoisotopic (exact) mass is 187 g/mol. The SMILES string of the molecule is CC(F)Cn1nncc1CC(=O)O. The fourth-order valence-corrected chi connectivity index (χ4v) is 0.963. The standard InChI is InChI=1S/C7H10FN3O2/c1-5(8)4-11-6(2-7(12)13)3-9-10-11/h3,5H,2,4H2,1H3,(H,12,13). The van der Waals surface area contributed by atoms with Crippen LogP contribution in [0.4, 0.5) is 4.39 Å². The normalized spacial score (nSPS) is 12.8. The van der Waals surface area contributed by atoms with Gasteiger partial charge < -0.3 is 5.11 Å². The Labute approximate surface area is 74.2 Å². The molecule has 0 aliphatic heterocycles. The number of aromatic nitrogens is 3. The second-order valence-electron chi connectivity index (χ2n) is 2.76. The van der Waals surface area contributed by atoms with Gasteiger partial charge in [-0.1, -0.05) is 5.21 Å². The van der Waals surface area contributed by atoms with E-state index < -0.39 is 12.1 Å². The zero-order chi connectivity index (χ0) is 9.84. The Balaban J connectivity index is 2.71. The number of carbonyl (C=O) groups is 1. The van der Waals surface area contributed by atoms with Crippen molar-refractivity contribution in [3.8, 4) is 0 Å². The maximum atomic E-state index is 12.5. The molecular weight excluding hydrogens is 177 g/mol. The van der Waals surface area contributed by atoms with Gasteiger partial charge in [0.15, 0.2) is 0 Å². The van der Waals surface area contributed by atoms with Gasteiger partial charge >= 0.3 is 5.97 Å². The number of hydrogen-bond acceptors (Lipinski definition) is 3. The lowest BCUT2D eigenvalue weighted by Gasteiger charge is -2.04. The maximum absolute atomic E-state index is 12.5. The molecule has 1 atom stereocenters. The molecule has 13 heavy (non-hydrogen) atoms. The fourth-order valence-electron chi connectivity index (χ4n) is 0.963. The van der Waals surface area contributed by atoms with Gasteiger partial charge in [-0.2, -0.15) is 0 Å². The molecule has 1 aromatic rings. The van der Waals surface area contributed by atoms with E-state index in [0.29, 0.717) is 5.69 Å². The summed E-state index contributed by atoms with van der Waals surface area (Å²) in [5, 5.41) is 15.6. The highest BCUT2D eigenvalue weighted by atomic mass is 19.1. The number of alkyl halides is 1. The third-order valence-corrected chi connectivity index (χ3v) is 1.45. The quantitative estimate of drug-likeness (QED) is 0.734. The molecule has 0 amide bonds. The largest absolute Gasteiger partial charge is 0.481 e. The van der Waals surface area contributed by atoms with Crippen LogP contribution in [0, 0.1) is 0 Å². The molecule has 1 heterocycles. The smallest absolute Gasteiger partial charge is 0.309 e. The lowest BCUT2D eigenvalue weighted by Crippen LogP contribution is -2.14. The van der Waals surface area contributed by atoms with Crippen molar-refractivity contribution in [1.82, 2.24) is 15.0 Å². The highest BCUT2D eigenvalue weighted by molar-refractivity contribution is 5.69. The second-order valence-corrected chi connectivity index (χ2v) is 2.76. The first-order valence-corrected chi connectivity index (χ1v) is 3.83. The van der Waals surface area contributed by atoms with Gasteiger partial charge in [-0.05, 0) is 6.92 Å². The van der Waals surface area contributed by atoms with Crippen molar-refractivity contribution >= 4 is 5.97 Å². The third kappa shape index (κ3) is 2.81. The number of nitrogens with zero attached hydrogens (tertiary/aromatic N) is 3. The van der Waals surface area contributed by atoms with Crippen molar-refractivity contribution in [2.75, 3.05) is 0 Å². The molecular formula is C7H10FN3O2. The summed E-state index contributed by atoms with van der Waals surface area (Å²) < 4.78 is 13.8. The minimum atomic E-state index is -1.06. The second kappa shape index (κ2) is 3.97. The van der Waals surface area contributed by atoms with E-state index in [1.807, 2.05) is 0 Å². The summed E-state index contributed by atoms with van der Waals surface area (Å²) in [4.78, 5) is 10.3. The van der Waals surface area contributed by atoms with E-state index in [0.717, 1.165) is 0 Å². The fraction of sp³-hybridized carbons (Fsp3) is 0.571. The Kier molecular flexibility index (Phi) is 2.94. The van der Waals surface area contributed by atoms with E-state index >= 15 is 0 Å². The van der Waals surface area contributed by atoms with Crippen molar-refractivity contribution in [1.29, 1.82) is 0 Å². The van der Waals surface area contributed by atoms with Crippen LogP contribution in [-0.4, -0.2) is 32.2 Å². The Morgan fingerprint density at radius 1 is 1.85 bits per heavy atom. The molecule has 72 valence electrons. The van der Waals surface area contributed by atoms with Gasteiger partial charge in [0.2, 0.25) is 0 Å². The maximum Gasteiger partial charge on any atom is 0.309 e. The number of aliphatic carboxylic acids is 1. The summed E-state index contributed by atoms with van der Waals surface area (Å²) in [5.74, 6) is -0.977. The molecule has 5 nitrogen and oxygen atoms in total. The van der Waals surface area contributed by atoms with Crippen LogP contribution in [0.2, 0.25) is 0 Å². The van der Waals surface area contributed by atoms with Crippen LogP contribution < -0.4 is 0 Å². The Morgan fingerprint density at radius 3 is 3.08 bits per heavy atom. The average Bonchev–Trinajstić information content (AvgIpc) is 2.34. The molecule has 0 aliphatic rings. The van der Waals surface area contributed by atoms with Crippen LogP contribution in [0.15, 0.2) is 6.20 Å². The number of halogens is 1. The summed E-state index contributed by atoms with van der Waals surface area (Å²) in [6.07, 6.45) is 0.0881. The lowest BCUT2D eigenvalue weighted by molar-refractivity contribution is -0.136. The van der Waals surface area contributed by atoms with Gasteiger partial charge in [-0.15, -0.1) is 5.10 Å². The highest BCUT2D eigenvalue weighted by Crippen LogP contribution is 2.01. The summed E-state index contributed by atoms with van der Waals surface area (Å²) in [5.41, 5.74) is 0.414. The molecule has 0 saturated carbocycles. The molecule has 0 radical (unpaired) electrons. The van der Waals surface area contributed by atoms with E-state index in [9.17, 15) is 9.18 Å². The Morgan fingerprint density at radius 2 is 2.54 bits per heavy atom. The van der Waals surface area contributed by atoms with Gasteiger partial charge in [0.05, 0.1) is 24.9 Å². The molecule has 0 spiro atoms. The van der Waals surface area contributed by atoms with Crippen LogP contribution in [0.3, 0.4) is 0 Å². The topological polar surface area (TPSA) is 68.0 Å². The molecule has 6 heteroatoms. The van der Waals surface area contributed by atoms with Gasteiger partial charge in [0.25, 0.3) is 0 Å². The van der Waals surface area contributed by atoms with Crippen LogP contribution in [0.5, 0.6) is 0 Å². The van der Waals surface area contributed by atoms with E-state index in [-0.39, 0.29) is 13.0 Å². The van der Waals surface area contributed by atoms with Crippen molar-refractivity contribution in [2.45, 2.75) is 26.1 Å². The summed E-state index contributed by atoms with van der Waals surface area (Å²) >= 11 is 0. The van der Waals surface area contributed by atoms with Crippen LogP contribution in [-0.2, 0) is 17.8 Å². The molecule has 1 unspecified atom stereocenters. The number of carboxylic acids is 1. The highest BCUT2D eigenvalue weighted by Gasteiger charge is 2.10. The summed E-state index contributed by atoms with van der Waals surface area (Å²) in [7, 11) is 0. The third-order valence-electron chi connectivity index (χ3n) is 1.45. The Bertz CT molecular complexity index is 298. The van der Waals surface area contributed by atoms with Crippen molar-refractivity contribution in [2.24, 2.45) is 0 Å². The minimum absolute atomic E-state index is 0.0443. The lowest BCUT2D eigenvalue weighted by atomic mass is 10.3. The zero-order valence-electron chi connectivity index (χ0n) is 7.14. The molecule has 0 aromatic carbocycles. The zero-order valence-corrected chi connectivity index (χ0v) is 7.14. The number of rotatable bonds is 4. The summed E-state index contributed by atoms with van der Waals surface area (Å²) in [6.45, 7) is 1.43. The molecule has 0 fully saturated rings. The first-order chi connectivity index (χ1) is 6.09. The first-order valence-electron chi connectivity index (χ1n) is 3.83. The van der Waals surface area contributed by atoms with E-state index in [1.165, 1.54) is 17.8 Å². The molecule has 0 bridgehead atoms. The first kappa shape index (κ1) is 9.63. The van der Waals surface area contributed by atoms with E-state index in [1.54, 1.807) is 0 Å². The van der Waals surface area contributed by atoms with E-state index in [4.69, 9.17) is 5.11 Å². The summed E-state index contributed by atoms with van der Waals surface area (Å²) in [6, 6.07) is 0. The average molecular weight is 187 g/mol. The molecule has 0 saturated heterocycles. The van der Waals surface area contributed by atoms with Crippen LogP contribution in [0.25, 0.3) is 0 Å². The van der Waals surface area contributed by atoms with Crippen LogP contribution >= 0.6 is 0 Å². The predicted molar refractivity (Wildman–Crippen MR) is 41.9 cm³/mol. The number of carboxylic acid groups (broad SMARTS) is 1. The van der Waals surface area contributed by atoms with Gasteiger partial charge in [-0.3, -0.25) is 4.79 Å². The molecule has 1 aromatic heterocycles. The van der Waals surface area contributed by atoms with Gasteiger partial charge in [0.1, 0.15) is 6.17 Å². The Hall–Kier alpha value is -1.46. The molecule has 0 aliphatic carbocycles. The molecule has 1 rings (SSSR count). The van der Waals surface area contributed by atoms with Crippen molar-refractivity contribution in [3.05, 3.63) is 11.9 Å².